The van der Waals surface area contributed by atoms with E-state index >= 15 is 0 Å². The largest absolute Gasteiger partial charge is 0.412 e. The number of hydrogen-bond acceptors (Lipinski definition) is 3. The van der Waals surface area contributed by atoms with Gasteiger partial charge in [-0.25, -0.2) is 4.79 Å². The highest BCUT2D eigenvalue weighted by Crippen LogP contribution is 2.24. The number of ether oxygens (including phenoxy) is 1. The van der Waals surface area contributed by atoms with Gasteiger partial charge in [0.1, 0.15) is 5.75 Å². The normalized spacial score (nSPS) is 10.2. The van der Waals surface area contributed by atoms with Crippen LogP contribution in [0.1, 0.15) is 0 Å². The van der Waals surface area contributed by atoms with Gasteiger partial charge in [-0.05, 0) is 11.5 Å². The molecular formula is C13H14N2O2. The van der Waals surface area contributed by atoms with Crippen LogP contribution in [0.4, 0.5) is 4.79 Å². The van der Waals surface area contributed by atoms with Crippen molar-refractivity contribution in [3.63, 3.8) is 0 Å². The van der Waals surface area contributed by atoms with Crippen LogP contribution in [0.5, 0.6) is 5.75 Å². The van der Waals surface area contributed by atoms with Gasteiger partial charge in [-0.1, -0.05) is 36.4 Å². The third-order valence-electron chi connectivity index (χ3n) is 2.37. The minimum atomic E-state index is -0.480. The smallest absolute Gasteiger partial charge is 0.410 e. The van der Waals surface area contributed by atoms with Crippen molar-refractivity contribution in [1.29, 1.82) is 0 Å². The van der Waals surface area contributed by atoms with E-state index in [2.05, 4.69) is 5.32 Å². The first-order chi connectivity index (χ1) is 8.31. The Balaban J connectivity index is 2.21. The molecule has 0 spiro atoms. The van der Waals surface area contributed by atoms with Crippen molar-refractivity contribution in [3.8, 4) is 5.75 Å². The molecule has 0 radical (unpaired) electrons. The Bertz CT molecular complexity index is 520. The van der Waals surface area contributed by atoms with Crippen LogP contribution in [0, 0.1) is 0 Å². The summed E-state index contributed by atoms with van der Waals surface area (Å²) in [7, 11) is 0. The highest BCUT2D eigenvalue weighted by atomic mass is 16.6. The molecule has 0 unspecified atom stereocenters. The quantitative estimate of drug-likeness (QED) is 0.846. The lowest BCUT2D eigenvalue weighted by atomic mass is 10.1. The second-order valence-electron chi connectivity index (χ2n) is 3.58. The van der Waals surface area contributed by atoms with Crippen LogP contribution in [-0.2, 0) is 0 Å². The van der Waals surface area contributed by atoms with Crippen LogP contribution < -0.4 is 15.8 Å². The predicted molar refractivity (Wildman–Crippen MR) is 67.0 cm³/mol. The van der Waals surface area contributed by atoms with E-state index in [9.17, 15) is 4.79 Å². The molecule has 0 fully saturated rings. The number of nitrogens with one attached hydrogen (secondary N) is 1. The van der Waals surface area contributed by atoms with Gasteiger partial charge in [-0.15, -0.1) is 0 Å². The lowest BCUT2D eigenvalue weighted by Gasteiger charge is -2.08. The van der Waals surface area contributed by atoms with Crippen molar-refractivity contribution in [2.24, 2.45) is 5.73 Å². The number of amides is 1. The molecule has 4 nitrogen and oxygen atoms in total. The first-order valence-electron chi connectivity index (χ1n) is 5.45. The molecule has 0 aliphatic heterocycles. The molecule has 0 atom stereocenters. The highest BCUT2D eigenvalue weighted by molar-refractivity contribution is 5.90. The lowest BCUT2D eigenvalue weighted by molar-refractivity contribution is 0.201. The molecule has 3 N–H and O–H groups in total. The Kier molecular flexibility index (Phi) is 3.57. The molecule has 2 aromatic rings. The fourth-order valence-corrected chi connectivity index (χ4v) is 1.59. The van der Waals surface area contributed by atoms with E-state index in [4.69, 9.17) is 10.5 Å². The van der Waals surface area contributed by atoms with Crippen LogP contribution in [0.15, 0.2) is 42.5 Å². The molecule has 0 saturated carbocycles. The predicted octanol–water partition coefficient (Wildman–Crippen LogP) is 1.89. The van der Waals surface area contributed by atoms with Gasteiger partial charge < -0.3 is 15.8 Å². The Morgan fingerprint density at radius 1 is 1.18 bits per heavy atom. The standard InChI is InChI=1S/C13H14N2O2/c14-8-9-15-13(16)17-12-7-3-5-10-4-1-2-6-11(10)12/h1-7H,8-9,14H2,(H,15,16). The number of fused-ring (bicyclic) bond motifs is 1. The first-order valence-corrected chi connectivity index (χ1v) is 5.45. The molecule has 2 aromatic carbocycles. The summed E-state index contributed by atoms with van der Waals surface area (Å²) in [5, 5.41) is 4.51. The molecule has 88 valence electrons. The third kappa shape index (κ3) is 2.73. The number of hydrogen-bond donors (Lipinski definition) is 2. The van der Waals surface area contributed by atoms with E-state index in [0.29, 0.717) is 18.8 Å². The Labute approximate surface area is 99.4 Å². The minimum absolute atomic E-state index is 0.393. The Hall–Kier alpha value is -2.07. The van der Waals surface area contributed by atoms with Crippen LogP contribution in [0.25, 0.3) is 10.8 Å². The van der Waals surface area contributed by atoms with Crippen molar-refractivity contribution in [2.75, 3.05) is 13.1 Å². The van der Waals surface area contributed by atoms with Gasteiger partial charge in [-0.2, -0.15) is 0 Å². The minimum Gasteiger partial charge on any atom is -0.410 e. The number of carbonyl (C=O) groups excluding carboxylic acids is 1. The number of benzene rings is 2. The maximum absolute atomic E-state index is 11.4. The molecule has 1 amide bonds. The third-order valence-corrected chi connectivity index (χ3v) is 2.37. The topological polar surface area (TPSA) is 64.3 Å². The molecule has 17 heavy (non-hydrogen) atoms. The zero-order chi connectivity index (χ0) is 12.1. The summed E-state index contributed by atoms with van der Waals surface area (Å²) in [5.74, 6) is 0.553. The maximum Gasteiger partial charge on any atom is 0.412 e. The molecule has 0 saturated heterocycles. The Morgan fingerprint density at radius 2 is 1.94 bits per heavy atom. The molecule has 0 aliphatic carbocycles. The van der Waals surface area contributed by atoms with Crippen molar-refractivity contribution in [1.82, 2.24) is 5.32 Å². The average molecular weight is 230 g/mol. The van der Waals surface area contributed by atoms with E-state index in [1.54, 1.807) is 6.07 Å². The van der Waals surface area contributed by atoms with Gasteiger partial charge in [0.25, 0.3) is 0 Å². The summed E-state index contributed by atoms with van der Waals surface area (Å²) in [6, 6.07) is 13.3. The fraction of sp³-hybridized carbons (Fsp3) is 0.154. The number of rotatable bonds is 3. The van der Waals surface area contributed by atoms with Crippen molar-refractivity contribution in [3.05, 3.63) is 42.5 Å². The summed E-state index contributed by atoms with van der Waals surface area (Å²) in [4.78, 5) is 11.4. The van der Waals surface area contributed by atoms with Crippen LogP contribution in [0.2, 0.25) is 0 Å². The molecular weight excluding hydrogens is 216 g/mol. The summed E-state index contributed by atoms with van der Waals surface area (Å²) >= 11 is 0. The fourth-order valence-electron chi connectivity index (χ4n) is 1.59. The van der Waals surface area contributed by atoms with E-state index in [1.165, 1.54) is 0 Å². The molecule has 0 aliphatic rings. The zero-order valence-corrected chi connectivity index (χ0v) is 9.35. The summed E-state index contributed by atoms with van der Waals surface area (Å²) < 4.78 is 5.22. The van der Waals surface area contributed by atoms with Crippen LogP contribution in [0.3, 0.4) is 0 Å². The zero-order valence-electron chi connectivity index (χ0n) is 9.35. The summed E-state index contributed by atoms with van der Waals surface area (Å²) in [5.41, 5.74) is 5.29. The average Bonchev–Trinajstić information content (AvgIpc) is 2.37. The van der Waals surface area contributed by atoms with Gasteiger partial charge in [0.05, 0.1) is 0 Å². The monoisotopic (exact) mass is 230 g/mol. The number of carbonyl (C=O) groups is 1. The molecule has 2 rings (SSSR count). The van der Waals surface area contributed by atoms with Gasteiger partial charge in [0.15, 0.2) is 0 Å². The van der Waals surface area contributed by atoms with Crippen LogP contribution in [-0.4, -0.2) is 19.2 Å². The van der Waals surface area contributed by atoms with E-state index in [1.807, 2.05) is 36.4 Å². The SMILES string of the molecule is NCCNC(=O)Oc1cccc2ccccc12. The summed E-state index contributed by atoms with van der Waals surface area (Å²) in [6.45, 7) is 0.800. The second kappa shape index (κ2) is 5.32. The molecule has 0 aromatic heterocycles. The van der Waals surface area contributed by atoms with E-state index < -0.39 is 6.09 Å². The van der Waals surface area contributed by atoms with Gasteiger partial charge in [0, 0.05) is 18.5 Å². The van der Waals surface area contributed by atoms with E-state index in [-0.39, 0.29) is 0 Å². The Morgan fingerprint density at radius 3 is 2.76 bits per heavy atom. The summed E-state index contributed by atoms with van der Waals surface area (Å²) in [6.07, 6.45) is -0.480. The lowest BCUT2D eigenvalue weighted by Crippen LogP contribution is -2.31. The van der Waals surface area contributed by atoms with Gasteiger partial charge in [0.2, 0.25) is 0 Å². The maximum atomic E-state index is 11.4. The van der Waals surface area contributed by atoms with Crippen molar-refractivity contribution in [2.45, 2.75) is 0 Å². The number of nitrogens with two attached hydrogens (primary N) is 1. The van der Waals surface area contributed by atoms with Crippen LogP contribution >= 0.6 is 0 Å². The second-order valence-corrected chi connectivity index (χ2v) is 3.58. The molecule has 4 heteroatoms. The highest BCUT2D eigenvalue weighted by Gasteiger charge is 2.06. The van der Waals surface area contributed by atoms with Gasteiger partial charge in [-0.3, -0.25) is 0 Å². The molecule has 0 heterocycles. The van der Waals surface area contributed by atoms with E-state index in [0.717, 1.165) is 10.8 Å². The van der Waals surface area contributed by atoms with Gasteiger partial charge >= 0.3 is 6.09 Å². The van der Waals surface area contributed by atoms with Crippen molar-refractivity contribution < 1.29 is 9.53 Å². The molecule has 0 bridgehead atoms. The van der Waals surface area contributed by atoms with Crippen molar-refractivity contribution >= 4 is 16.9 Å². The first kappa shape index (κ1) is 11.4.